The van der Waals surface area contributed by atoms with Gasteiger partial charge in [-0.3, -0.25) is 4.79 Å². The van der Waals surface area contributed by atoms with Crippen molar-refractivity contribution < 1.29 is 14.3 Å². The van der Waals surface area contributed by atoms with E-state index in [4.69, 9.17) is 0 Å². The van der Waals surface area contributed by atoms with Crippen molar-refractivity contribution in [3.8, 4) is 10.7 Å². The number of esters is 1. The number of carbonyl (C=O) groups excluding carboxylic acids is 2. The summed E-state index contributed by atoms with van der Waals surface area (Å²) in [6.07, 6.45) is 1.46. The minimum absolute atomic E-state index is 0.0167. The highest BCUT2D eigenvalue weighted by Crippen LogP contribution is 2.27. The topological polar surface area (TPSA) is 97.8 Å². The monoisotopic (exact) mass is 252 g/mol. The molecule has 0 atom stereocenters. The first-order valence-electron chi connectivity index (χ1n) is 4.59. The van der Waals surface area contributed by atoms with Crippen LogP contribution in [0.1, 0.15) is 27.1 Å². The molecule has 88 valence electrons. The molecule has 0 saturated carbocycles. The predicted octanol–water partition coefficient (Wildman–Crippen LogP) is 0.917. The van der Waals surface area contributed by atoms with E-state index < -0.39 is 5.97 Å². The second kappa shape index (κ2) is 4.42. The summed E-state index contributed by atoms with van der Waals surface area (Å²) < 4.78 is 4.57. The van der Waals surface area contributed by atoms with Gasteiger partial charge in [0.1, 0.15) is 15.6 Å². The minimum Gasteiger partial charge on any atom is -0.464 e. The van der Waals surface area contributed by atoms with Crippen LogP contribution in [0.3, 0.4) is 0 Å². The Bertz CT molecular complexity index is 561. The normalized spacial score (nSPS) is 10.2. The molecule has 0 amide bonds. The van der Waals surface area contributed by atoms with E-state index in [0.717, 1.165) is 11.3 Å². The van der Waals surface area contributed by atoms with Crippen molar-refractivity contribution in [1.29, 1.82) is 0 Å². The van der Waals surface area contributed by atoms with E-state index in [9.17, 15) is 9.59 Å². The minimum atomic E-state index is -0.638. The molecule has 8 heteroatoms. The van der Waals surface area contributed by atoms with Gasteiger partial charge in [-0.2, -0.15) is 15.4 Å². The molecule has 7 nitrogen and oxygen atoms in total. The van der Waals surface area contributed by atoms with Crippen molar-refractivity contribution in [2.24, 2.45) is 0 Å². The Hall–Kier alpha value is -2.09. The summed E-state index contributed by atoms with van der Waals surface area (Å²) in [5.74, 6) is -0.876. The molecule has 0 fully saturated rings. The van der Waals surface area contributed by atoms with E-state index in [1.165, 1.54) is 20.2 Å². The zero-order valence-electron chi connectivity index (χ0n) is 9.05. The van der Waals surface area contributed by atoms with E-state index in [-0.39, 0.29) is 16.4 Å². The summed E-state index contributed by atoms with van der Waals surface area (Å²) in [6.45, 7) is 1.37. The molecular formula is C9H8N4O3S. The van der Waals surface area contributed by atoms with Crippen molar-refractivity contribution in [2.45, 2.75) is 6.92 Å². The lowest BCUT2D eigenvalue weighted by molar-refractivity contribution is 0.0591. The van der Waals surface area contributed by atoms with E-state index in [2.05, 4.69) is 25.1 Å². The van der Waals surface area contributed by atoms with Gasteiger partial charge in [-0.25, -0.2) is 9.78 Å². The smallest absolute Gasteiger partial charge is 0.358 e. The summed E-state index contributed by atoms with van der Waals surface area (Å²) >= 11 is 1.09. The Kier molecular flexibility index (Phi) is 2.96. The molecule has 2 aromatic rings. The van der Waals surface area contributed by atoms with E-state index in [0.29, 0.717) is 10.7 Å². The first kappa shape index (κ1) is 11.4. The van der Waals surface area contributed by atoms with Gasteiger partial charge in [0.2, 0.25) is 0 Å². The number of nitrogens with zero attached hydrogens (tertiary/aromatic N) is 3. The summed E-state index contributed by atoms with van der Waals surface area (Å²) in [6, 6.07) is 0. The third kappa shape index (κ3) is 2.07. The maximum Gasteiger partial charge on any atom is 0.358 e. The van der Waals surface area contributed by atoms with Gasteiger partial charge in [-0.15, -0.1) is 11.3 Å². The maximum absolute atomic E-state index is 11.4. The lowest BCUT2D eigenvalue weighted by atomic mass is 10.3. The third-order valence-corrected chi connectivity index (χ3v) is 3.14. The number of hydrogen-bond donors (Lipinski definition) is 1. The molecular weight excluding hydrogens is 244 g/mol. The largest absolute Gasteiger partial charge is 0.464 e. The number of aromatic amines is 1. The van der Waals surface area contributed by atoms with Crippen molar-refractivity contribution >= 4 is 23.1 Å². The highest BCUT2D eigenvalue weighted by atomic mass is 32.1. The summed E-state index contributed by atoms with van der Waals surface area (Å²) in [5, 5.41) is 10.4. The Labute approximate surface area is 99.8 Å². The first-order chi connectivity index (χ1) is 8.13. The van der Waals surface area contributed by atoms with Crippen molar-refractivity contribution in [3.05, 3.63) is 16.8 Å². The number of H-pyrrole nitrogens is 1. The van der Waals surface area contributed by atoms with Crippen LogP contribution < -0.4 is 0 Å². The number of methoxy groups -OCH3 is 1. The van der Waals surface area contributed by atoms with Crippen LogP contribution in [0.4, 0.5) is 0 Å². The fourth-order valence-electron chi connectivity index (χ4n) is 1.21. The SMILES string of the molecule is COC(=O)c1nc(-c2cn[nH]n2)sc1C(C)=O. The van der Waals surface area contributed by atoms with Gasteiger partial charge < -0.3 is 4.74 Å². The molecule has 1 N–H and O–H groups in total. The number of nitrogens with one attached hydrogen (secondary N) is 1. The van der Waals surface area contributed by atoms with Crippen molar-refractivity contribution in [2.75, 3.05) is 7.11 Å². The number of ether oxygens (including phenoxy) is 1. The molecule has 0 aliphatic heterocycles. The molecule has 0 radical (unpaired) electrons. The Morgan fingerprint density at radius 2 is 2.24 bits per heavy atom. The second-order valence-electron chi connectivity index (χ2n) is 3.10. The van der Waals surface area contributed by atoms with Gasteiger partial charge in [-0.1, -0.05) is 0 Å². The van der Waals surface area contributed by atoms with Crippen LogP contribution in [0, 0.1) is 0 Å². The molecule has 0 aromatic carbocycles. The Balaban J connectivity index is 2.52. The van der Waals surface area contributed by atoms with Crippen LogP contribution in [0.15, 0.2) is 6.20 Å². The Morgan fingerprint density at radius 3 is 2.76 bits per heavy atom. The fourth-order valence-corrected chi connectivity index (χ4v) is 2.11. The van der Waals surface area contributed by atoms with Crippen LogP contribution in [-0.4, -0.2) is 39.3 Å². The van der Waals surface area contributed by atoms with Gasteiger partial charge in [-0.05, 0) is 0 Å². The first-order valence-corrected chi connectivity index (χ1v) is 5.41. The molecule has 2 rings (SSSR count). The van der Waals surface area contributed by atoms with E-state index in [1.807, 2.05) is 0 Å². The number of aromatic nitrogens is 4. The molecule has 17 heavy (non-hydrogen) atoms. The zero-order valence-corrected chi connectivity index (χ0v) is 9.87. The van der Waals surface area contributed by atoms with E-state index >= 15 is 0 Å². The molecule has 0 spiro atoms. The molecule has 0 saturated heterocycles. The molecule has 0 unspecified atom stereocenters. The average molecular weight is 252 g/mol. The Morgan fingerprint density at radius 1 is 1.47 bits per heavy atom. The van der Waals surface area contributed by atoms with Gasteiger partial charge >= 0.3 is 5.97 Å². The number of Topliss-reactive ketones (excluding diaryl/α,β-unsaturated/α-hetero) is 1. The van der Waals surface area contributed by atoms with Crippen LogP contribution in [-0.2, 0) is 4.74 Å². The molecule has 2 heterocycles. The van der Waals surface area contributed by atoms with Crippen LogP contribution >= 0.6 is 11.3 Å². The van der Waals surface area contributed by atoms with Gasteiger partial charge in [0.25, 0.3) is 0 Å². The highest BCUT2D eigenvalue weighted by Gasteiger charge is 2.23. The maximum atomic E-state index is 11.4. The molecule has 0 aliphatic carbocycles. The number of thiazole rings is 1. The van der Waals surface area contributed by atoms with Crippen LogP contribution in [0.5, 0.6) is 0 Å². The summed E-state index contributed by atoms with van der Waals surface area (Å²) in [5.41, 5.74) is 0.496. The van der Waals surface area contributed by atoms with Gasteiger partial charge in [0.05, 0.1) is 13.3 Å². The zero-order chi connectivity index (χ0) is 12.4. The number of hydrogen-bond acceptors (Lipinski definition) is 7. The van der Waals surface area contributed by atoms with E-state index in [1.54, 1.807) is 0 Å². The van der Waals surface area contributed by atoms with Gasteiger partial charge in [0, 0.05) is 6.92 Å². The third-order valence-electron chi connectivity index (χ3n) is 1.96. The van der Waals surface area contributed by atoms with Gasteiger partial charge in [0.15, 0.2) is 11.5 Å². The number of ketones is 1. The van der Waals surface area contributed by atoms with Crippen LogP contribution in [0.25, 0.3) is 10.7 Å². The summed E-state index contributed by atoms with van der Waals surface area (Å²) in [7, 11) is 1.24. The predicted molar refractivity (Wildman–Crippen MR) is 58.8 cm³/mol. The lowest BCUT2D eigenvalue weighted by Crippen LogP contribution is -2.06. The van der Waals surface area contributed by atoms with Crippen molar-refractivity contribution in [3.63, 3.8) is 0 Å². The molecule has 0 aliphatic rings. The molecule has 2 aromatic heterocycles. The molecule has 0 bridgehead atoms. The summed E-state index contributed by atoms with van der Waals surface area (Å²) in [4.78, 5) is 27.1. The van der Waals surface area contributed by atoms with Crippen LogP contribution in [0.2, 0.25) is 0 Å². The number of carbonyl (C=O) groups is 2. The average Bonchev–Trinajstić information content (AvgIpc) is 2.95. The van der Waals surface area contributed by atoms with Crippen molar-refractivity contribution in [1.82, 2.24) is 20.4 Å². The quantitative estimate of drug-likeness (QED) is 0.644. The second-order valence-corrected chi connectivity index (χ2v) is 4.10. The standard InChI is InChI=1S/C9H8N4O3S/c1-4(14)7-6(9(15)16-2)11-8(17-7)5-3-10-13-12-5/h3H,1-2H3,(H,10,12,13). The number of rotatable bonds is 3. The highest BCUT2D eigenvalue weighted by molar-refractivity contribution is 7.17. The lowest BCUT2D eigenvalue weighted by Gasteiger charge is -1.95. The fraction of sp³-hybridized carbons (Fsp3) is 0.222.